The van der Waals surface area contributed by atoms with Gasteiger partial charge in [0, 0.05) is 30.9 Å². The van der Waals surface area contributed by atoms with Crippen molar-refractivity contribution in [2.24, 2.45) is 0 Å². The number of carbonyl (C=O) groups is 1. The van der Waals surface area contributed by atoms with Gasteiger partial charge in [0.05, 0.1) is 19.8 Å². The number of pyridine rings is 1. The number of carbonyl (C=O) groups excluding carboxylic acids is 1. The molecule has 2 aromatic rings. The maximum atomic E-state index is 12.0. The van der Waals surface area contributed by atoms with Crippen LogP contribution >= 0.6 is 0 Å². The molecule has 2 heterocycles. The first-order chi connectivity index (χ1) is 12.7. The van der Waals surface area contributed by atoms with Crippen molar-refractivity contribution in [1.82, 2.24) is 10.3 Å². The Kier molecular flexibility index (Phi) is 5.91. The van der Waals surface area contributed by atoms with Crippen molar-refractivity contribution in [1.29, 1.82) is 0 Å². The molecular weight excluding hydrogens is 334 g/mol. The zero-order valence-corrected chi connectivity index (χ0v) is 14.7. The van der Waals surface area contributed by atoms with Crippen LogP contribution in [0.4, 0.5) is 5.69 Å². The third-order valence-electron chi connectivity index (χ3n) is 4.04. The summed E-state index contributed by atoms with van der Waals surface area (Å²) in [4.78, 5) is 16.0. The minimum atomic E-state index is -0.314. The highest BCUT2D eigenvalue weighted by molar-refractivity contribution is 5.93. The second kappa shape index (κ2) is 8.53. The van der Waals surface area contributed by atoms with Crippen LogP contribution in [0.5, 0.6) is 11.5 Å². The van der Waals surface area contributed by atoms with Gasteiger partial charge in [0.25, 0.3) is 5.91 Å². The molecule has 0 radical (unpaired) electrons. The third-order valence-corrected chi connectivity index (χ3v) is 4.04. The van der Waals surface area contributed by atoms with Crippen molar-refractivity contribution in [3.63, 3.8) is 0 Å². The number of nitrogens with one attached hydrogen (secondary N) is 2. The minimum absolute atomic E-state index is 0.00269. The molecule has 7 nitrogen and oxygen atoms in total. The normalized spacial score (nSPS) is 14.2. The fourth-order valence-electron chi connectivity index (χ4n) is 2.69. The van der Waals surface area contributed by atoms with Gasteiger partial charge < -0.3 is 25.2 Å². The number of nitrogens with zero attached hydrogens (tertiary/aromatic N) is 1. The lowest BCUT2D eigenvalue weighted by Crippen LogP contribution is -2.27. The average Bonchev–Trinajstić information content (AvgIpc) is 2.91. The molecule has 7 heteroatoms. The van der Waals surface area contributed by atoms with Gasteiger partial charge in [-0.15, -0.1) is 0 Å². The van der Waals surface area contributed by atoms with Crippen LogP contribution in [0.25, 0.3) is 0 Å². The highest BCUT2D eigenvalue weighted by Crippen LogP contribution is 2.33. The third kappa shape index (κ3) is 4.43. The van der Waals surface area contributed by atoms with Gasteiger partial charge in [-0.05, 0) is 36.8 Å². The summed E-state index contributed by atoms with van der Waals surface area (Å²) in [5, 5.41) is 14.8. The van der Waals surface area contributed by atoms with Crippen LogP contribution in [0, 0.1) is 0 Å². The van der Waals surface area contributed by atoms with E-state index >= 15 is 0 Å². The summed E-state index contributed by atoms with van der Waals surface area (Å²) in [7, 11) is 0. The van der Waals surface area contributed by atoms with Crippen LogP contribution in [0.1, 0.15) is 35.4 Å². The van der Waals surface area contributed by atoms with E-state index < -0.39 is 0 Å². The molecular formula is C19H23N3O4. The van der Waals surface area contributed by atoms with E-state index in [4.69, 9.17) is 14.6 Å². The molecule has 1 aromatic heterocycles. The van der Waals surface area contributed by atoms with E-state index in [0.717, 1.165) is 29.2 Å². The topological polar surface area (TPSA) is 92.7 Å². The first-order valence-corrected chi connectivity index (χ1v) is 8.68. The van der Waals surface area contributed by atoms with E-state index in [1.807, 2.05) is 31.2 Å². The van der Waals surface area contributed by atoms with Gasteiger partial charge in [-0.25, -0.2) is 0 Å². The molecule has 0 unspecified atom stereocenters. The van der Waals surface area contributed by atoms with Gasteiger partial charge in [0.1, 0.15) is 5.69 Å². The van der Waals surface area contributed by atoms with E-state index in [2.05, 4.69) is 15.6 Å². The van der Waals surface area contributed by atoms with E-state index in [1.54, 1.807) is 12.3 Å². The summed E-state index contributed by atoms with van der Waals surface area (Å²) in [5.41, 5.74) is 2.14. The number of aliphatic hydroxyl groups excluding tert-OH is 1. The first kappa shape index (κ1) is 18.0. The largest absolute Gasteiger partial charge is 0.490 e. The lowest BCUT2D eigenvalue weighted by Gasteiger charge is -2.18. The van der Waals surface area contributed by atoms with Crippen LogP contribution in [-0.2, 0) is 0 Å². The summed E-state index contributed by atoms with van der Waals surface area (Å²) in [6, 6.07) is 9.40. The van der Waals surface area contributed by atoms with Crippen LogP contribution < -0.4 is 20.1 Å². The number of amides is 1. The minimum Gasteiger partial charge on any atom is -0.490 e. The Morgan fingerprint density at radius 2 is 2.04 bits per heavy atom. The van der Waals surface area contributed by atoms with Gasteiger partial charge in [-0.3, -0.25) is 9.78 Å². The number of aromatic nitrogens is 1. The number of ether oxygens (including phenoxy) is 2. The molecule has 3 rings (SSSR count). The lowest BCUT2D eigenvalue weighted by atomic mass is 10.1. The summed E-state index contributed by atoms with van der Waals surface area (Å²) < 4.78 is 11.4. The Morgan fingerprint density at radius 1 is 1.23 bits per heavy atom. The Morgan fingerprint density at radius 3 is 2.85 bits per heavy atom. The van der Waals surface area contributed by atoms with Crippen molar-refractivity contribution >= 4 is 11.6 Å². The smallest absolute Gasteiger partial charge is 0.270 e. The second-order valence-corrected chi connectivity index (χ2v) is 6.03. The molecule has 1 aromatic carbocycles. The van der Waals surface area contributed by atoms with Crippen LogP contribution in [-0.4, -0.2) is 42.4 Å². The summed E-state index contributed by atoms with van der Waals surface area (Å²) in [6.45, 7) is 3.44. The zero-order valence-electron chi connectivity index (χ0n) is 14.7. The maximum Gasteiger partial charge on any atom is 0.270 e. The molecule has 138 valence electrons. The van der Waals surface area contributed by atoms with E-state index in [1.165, 1.54) is 0 Å². The number of hydrogen-bond acceptors (Lipinski definition) is 6. The average molecular weight is 357 g/mol. The lowest BCUT2D eigenvalue weighted by molar-refractivity contribution is 0.0940. The molecule has 0 fully saturated rings. The molecule has 0 aliphatic carbocycles. The number of hydrogen-bond donors (Lipinski definition) is 3. The molecule has 0 bridgehead atoms. The van der Waals surface area contributed by atoms with Gasteiger partial charge in [0.2, 0.25) is 0 Å². The number of rotatable bonds is 6. The standard InChI is InChI=1S/C19H23N3O4/c1-13(14-3-4-17-18(11-14)26-10-2-9-25-17)22-15-5-6-20-16(12-15)19(24)21-7-8-23/h3-6,11-13,23H,2,7-10H2,1H3,(H,20,22)(H,21,24)/t13-/m0/s1. The van der Waals surface area contributed by atoms with Gasteiger partial charge in [-0.2, -0.15) is 0 Å². The summed E-state index contributed by atoms with van der Waals surface area (Å²) >= 11 is 0. The van der Waals surface area contributed by atoms with Crippen LogP contribution in [0.3, 0.4) is 0 Å². The van der Waals surface area contributed by atoms with Crippen molar-refractivity contribution in [2.45, 2.75) is 19.4 Å². The van der Waals surface area contributed by atoms with Crippen molar-refractivity contribution in [2.75, 3.05) is 31.7 Å². The summed E-state index contributed by atoms with van der Waals surface area (Å²) in [6.07, 6.45) is 2.45. The van der Waals surface area contributed by atoms with Crippen LogP contribution in [0.15, 0.2) is 36.5 Å². The number of benzene rings is 1. The van der Waals surface area contributed by atoms with Gasteiger partial charge >= 0.3 is 0 Å². The predicted molar refractivity (Wildman–Crippen MR) is 97.7 cm³/mol. The molecule has 0 spiro atoms. The number of fused-ring (bicyclic) bond motifs is 1. The quantitative estimate of drug-likeness (QED) is 0.733. The Labute approximate surface area is 152 Å². The van der Waals surface area contributed by atoms with Gasteiger partial charge in [0.15, 0.2) is 11.5 Å². The molecule has 1 amide bonds. The Hall–Kier alpha value is -2.80. The number of anilines is 1. The first-order valence-electron chi connectivity index (χ1n) is 8.68. The molecule has 1 aliphatic rings. The highest BCUT2D eigenvalue weighted by atomic mass is 16.5. The van der Waals surface area contributed by atoms with E-state index in [-0.39, 0.29) is 25.1 Å². The second-order valence-electron chi connectivity index (χ2n) is 6.03. The Bertz CT molecular complexity index is 766. The van der Waals surface area contributed by atoms with Crippen molar-refractivity contribution < 1.29 is 19.4 Å². The Balaban J connectivity index is 1.71. The predicted octanol–water partition coefficient (Wildman–Crippen LogP) is 2.14. The molecule has 3 N–H and O–H groups in total. The molecule has 26 heavy (non-hydrogen) atoms. The van der Waals surface area contributed by atoms with Crippen molar-refractivity contribution in [3.8, 4) is 11.5 Å². The SMILES string of the molecule is C[C@H](Nc1ccnc(C(=O)NCCO)c1)c1ccc2c(c1)OCCCO2. The van der Waals surface area contributed by atoms with E-state index in [0.29, 0.717) is 18.9 Å². The monoisotopic (exact) mass is 357 g/mol. The highest BCUT2D eigenvalue weighted by Gasteiger charge is 2.14. The summed E-state index contributed by atoms with van der Waals surface area (Å²) in [5.74, 6) is 1.21. The zero-order chi connectivity index (χ0) is 18.4. The van der Waals surface area contributed by atoms with Crippen LogP contribution in [0.2, 0.25) is 0 Å². The molecule has 1 aliphatic heterocycles. The molecule has 0 saturated heterocycles. The fourth-order valence-corrected chi connectivity index (χ4v) is 2.69. The van der Waals surface area contributed by atoms with Gasteiger partial charge in [-0.1, -0.05) is 6.07 Å². The van der Waals surface area contributed by atoms with E-state index in [9.17, 15) is 4.79 Å². The fraction of sp³-hybridized carbons (Fsp3) is 0.368. The molecule has 1 atom stereocenters. The van der Waals surface area contributed by atoms with Crippen molar-refractivity contribution in [3.05, 3.63) is 47.8 Å². The maximum absolute atomic E-state index is 12.0. The number of aliphatic hydroxyl groups is 1. The molecule has 0 saturated carbocycles.